The summed E-state index contributed by atoms with van der Waals surface area (Å²) in [4.78, 5) is 11.8. The van der Waals surface area contributed by atoms with Crippen LogP contribution in [0.3, 0.4) is 0 Å². The van der Waals surface area contributed by atoms with Gasteiger partial charge in [0.25, 0.3) is 5.91 Å². The Morgan fingerprint density at radius 2 is 2.00 bits per heavy atom. The summed E-state index contributed by atoms with van der Waals surface area (Å²) >= 11 is 8.76. The van der Waals surface area contributed by atoms with Gasteiger partial charge in [0.1, 0.15) is 11.6 Å². The first kappa shape index (κ1) is 16.4. The van der Waals surface area contributed by atoms with E-state index < -0.39 is 17.5 Å². The Morgan fingerprint density at radius 3 is 2.58 bits per heavy atom. The van der Waals surface area contributed by atoms with Crippen LogP contribution in [0.1, 0.15) is 30.6 Å². The number of rotatable bonds is 5. The number of hydrogen-bond donors (Lipinski definition) is 1. The summed E-state index contributed by atoms with van der Waals surface area (Å²) in [5.41, 5.74) is -0.461. The Kier molecular flexibility index (Phi) is 5.74. The molecule has 6 heteroatoms. The van der Waals surface area contributed by atoms with Crippen molar-refractivity contribution in [1.29, 1.82) is 0 Å². The molecule has 1 amide bonds. The Labute approximate surface area is 124 Å². The SMILES string of the molecule is CC(C)(CCBr)CNC(=O)c1cc(F)c(Cl)cc1F. The quantitative estimate of drug-likeness (QED) is 0.624. The third kappa shape index (κ3) is 4.73. The molecule has 0 aromatic heterocycles. The largest absolute Gasteiger partial charge is 0.351 e. The van der Waals surface area contributed by atoms with Crippen LogP contribution in [0, 0.1) is 17.0 Å². The van der Waals surface area contributed by atoms with E-state index in [0.717, 1.165) is 23.9 Å². The van der Waals surface area contributed by atoms with E-state index in [2.05, 4.69) is 21.2 Å². The smallest absolute Gasteiger partial charge is 0.254 e. The lowest BCUT2D eigenvalue weighted by Gasteiger charge is -2.23. The van der Waals surface area contributed by atoms with Crippen molar-refractivity contribution >= 4 is 33.4 Å². The molecule has 1 N–H and O–H groups in total. The van der Waals surface area contributed by atoms with E-state index in [1.807, 2.05) is 13.8 Å². The standard InChI is InChI=1S/C13H15BrClF2NO/c1-13(2,3-4-14)7-18-12(19)8-5-11(17)9(15)6-10(8)16/h5-6H,3-4,7H2,1-2H3,(H,18,19). The van der Waals surface area contributed by atoms with Gasteiger partial charge in [-0.25, -0.2) is 8.78 Å². The first-order chi connectivity index (χ1) is 8.76. The van der Waals surface area contributed by atoms with E-state index in [0.29, 0.717) is 6.54 Å². The predicted molar refractivity (Wildman–Crippen MR) is 75.9 cm³/mol. The van der Waals surface area contributed by atoms with Gasteiger partial charge in [0.15, 0.2) is 0 Å². The second-order valence-corrected chi connectivity index (χ2v) is 6.23. The number of hydrogen-bond acceptors (Lipinski definition) is 1. The van der Waals surface area contributed by atoms with Gasteiger partial charge >= 0.3 is 0 Å². The Balaban J connectivity index is 2.77. The molecule has 0 saturated carbocycles. The topological polar surface area (TPSA) is 29.1 Å². The molecule has 0 saturated heterocycles. The van der Waals surface area contributed by atoms with E-state index in [4.69, 9.17) is 11.6 Å². The van der Waals surface area contributed by atoms with Crippen LogP contribution in [0.5, 0.6) is 0 Å². The van der Waals surface area contributed by atoms with Gasteiger partial charge < -0.3 is 5.32 Å². The van der Waals surface area contributed by atoms with Gasteiger partial charge in [-0.2, -0.15) is 0 Å². The molecule has 0 spiro atoms. The minimum Gasteiger partial charge on any atom is -0.351 e. The van der Waals surface area contributed by atoms with Gasteiger partial charge in [-0.15, -0.1) is 0 Å². The molecule has 0 fully saturated rings. The molecular formula is C13H15BrClF2NO. The van der Waals surface area contributed by atoms with Crippen molar-refractivity contribution in [3.8, 4) is 0 Å². The lowest BCUT2D eigenvalue weighted by molar-refractivity contribution is 0.0931. The van der Waals surface area contributed by atoms with Crippen molar-refractivity contribution in [2.75, 3.05) is 11.9 Å². The highest BCUT2D eigenvalue weighted by atomic mass is 79.9. The van der Waals surface area contributed by atoms with Crippen LogP contribution in [0.4, 0.5) is 8.78 Å². The van der Waals surface area contributed by atoms with Crippen LogP contribution >= 0.6 is 27.5 Å². The molecule has 0 bridgehead atoms. The van der Waals surface area contributed by atoms with E-state index >= 15 is 0 Å². The summed E-state index contributed by atoms with van der Waals surface area (Å²) in [7, 11) is 0. The minimum atomic E-state index is -0.831. The van der Waals surface area contributed by atoms with Gasteiger partial charge in [-0.05, 0) is 24.0 Å². The maximum absolute atomic E-state index is 13.5. The number of carbonyl (C=O) groups is 1. The van der Waals surface area contributed by atoms with Crippen molar-refractivity contribution in [2.45, 2.75) is 20.3 Å². The first-order valence-corrected chi connectivity index (χ1v) is 7.25. The molecule has 0 unspecified atom stereocenters. The maximum Gasteiger partial charge on any atom is 0.254 e. The van der Waals surface area contributed by atoms with E-state index in [-0.39, 0.29) is 16.0 Å². The van der Waals surface area contributed by atoms with Crippen LogP contribution in [-0.4, -0.2) is 17.8 Å². The Hall–Kier alpha value is -0.680. The zero-order valence-electron chi connectivity index (χ0n) is 10.7. The molecule has 1 aromatic rings. The third-order valence-corrected chi connectivity index (χ3v) is 3.44. The van der Waals surface area contributed by atoms with E-state index in [1.54, 1.807) is 0 Å². The second kappa shape index (κ2) is 6.66. The number of amides is 1. The fourth-order valence-electron chi connectivity index (χ4n) is 1.46. The van der Waals surface area contributed by atoms with Crippen molar-refractivity contribution in [3.63, 3.8) is 0 Å². The van der Waals surface area contributed by atoms with E-state index in [9.17, 15) is 13.6 Å². The lowest BCUT2D eigenvalue weighted by Crippen LogP contribution is -2.34. The number of alkyl halides is 1. The van der Waals surface area contributed by atoms with Crippen molar-refractivity contribution in [3.05, 3.63) is 34.4 Å². The molecule has 0 atom stereocenters. The second-order valence-electron chi connectivity index (χ2n) is 5.03. The number of benzene rings is 1. The van der Waals surface area contributed by atoms with Crippen LogP contribution in [-0.2, 0) is 0 Å². The molecular weight excluding hydrogens is 340 g/mol. The van der Waals surface area contributed by atoms with Gasteiger partial charge in [0.05, 0.1) is 10.6 Å². The van der Waals surface area contributed by atoms with Crippen molar-refractivity contribution < 1.29 is 13.6 Å². The van der Waals surface area contributed by atoms with Crippen LogP contribution < -0.4 is 5.32 Å². The fourth-order valence-corrected chi connectivity index (χ4v) is 2.68. The molecule has 0 heterocycles. The minimum absolute atomic E-state index is 0.124. The first-order valence-electron chi connectivity index (χ1n) is 5.75. The zero-order chi connectivity index (χ0) is 14.6. The average molecular weight is 355 g/mol. The maximum atomic E-state index is 13.5. The molecule has 0 aliphatic heterocycles. The average Bonchev–Trinajstić information content (AvgIpc) is 2.31. The van der Waals surface area contributed by atoms with Gasteiger partial charge in [-0.1, -0.05) is 41.4 Å². The molecule has 1 aromatic carbocycles. The van der Waals surface area contributed by atoms with Crippen LogP contribution in [0.15, 0.2) is 12.1 Å². The summed E-state index contributed by atoms with van der Waals surface area (Å²) in [6.45, 7) is 4.34. The summed E-state index contributed by atoms with van der Waals surface area (Å²) in [5, 5.41) is 3.07. The summed E-state index contributed by atoms with van der Waals surface area (Å²) in [5.74, 6) is -2.29. The summed E-state index contributed by atoms with van der Waals surface area (Å²) in [6.07, 6.45) is 0.852. The normalized spacial score (nSPS) is 11.5. The fraction of sp³-hybridized carbons (Fsp3) is 0.462. The number of halogens is 4. The molecule has 1 rings (SSSR count). The molecule has 2 nitrogen and oxygen atoms in total. The molecule has 0 aliphatic rings. The highest BCUT2D eigenvalue weighted by Gasteiger charge is 2.20. The third-order valence-electron chi connectivity index (χ3n) is 2.75. The molecule has 0 aliphatic carbocycles. The van der Waals surface area contributed by atoms with Gasteiger partial charge in [-0.3, -0.25) is 4.79 Å². The lowest BCUT2D eigenvalue weighted by atomic mass is 9.90. The van der Waals surface area contributed by atoms with Crippen LogP contribution in [0.25, 0.3) is 0 Å². The Bertz CT molecular complexity index is 480. The highest BCUT2D eigenvalue weighted by Crippen LogP contribution is 2.22. The number of nitrogens with one attached hydrogen (secondary N) is 1. The Morgan fingerprint density at radius 1 is 1.37 bits per heavy atom. The van der Waals surface area contributed by atoms with Crippen molar-refractivity contribution in [1.82, 2.24) is 5.32 Å². The summed E-state index contributed by atoms with van der Waals surface area (Å²) in [6, 6.07) is 1.61. The highest BCUT2D eigenvalue weighted by molar-refractivity contribution is 9.09. The molecule has 0 radical (unpaired) electrons. The predicted octanol–water partition coefficient (Wildman–Crippen LogP) is 4.16. The van der Waals surface area contributed by atoms with Crippen molar-refractivity contribution in [2.24, 2.45) is 5.41 Å². The number of carbonyl (C=O) groups excluding carboxylic acids is 1. The molecule has 106 valence electrons. The van der Waals surface area contributed by atoms with Crippen LogP contribution in [0.2, 0.25) is 5.02 Å². The molecule has 19 heavy (non-hydrogen) atoms. The monoisotopic (exact) mass is 353 g/mol. The van der Waals surface area contributed by atoms with Gasteiger partial charge in [0, 0.05) is 11.9 Å². The van der Waals surface area contributed by atoms with Gasteiger partial charge in [0.2, 0.25) is 0 Å². The van der Waals surface area contributed by atoms with E-state index in [1.165, 1.54) is 0 Å². The summed E-state index contributed by atoms with van der Waals surface area (Å²) < 4.78 is 26.8. The zero-order valence-corrected chi connectivity index (χ0v) is 13.0.